The van der Waals surface area contributed by atoms with Gasteiger partial charge >= 0.3 is 0 Å². The van der Waals surface area contributed by atoms with Crippen molar-refractivity contribution in [2.75, 3.05) is 34.5 Å². The number of unbranched alkanes of at least 4 members (excludes halogenated alkanes) is 2. The van der Waals surface area contributed by atoms with Crippen LogP contribution in [0.15, 0.2) is 41.5 Å². The summed E-state index contributed by atoms with van der Waals surface area (Å²) in [4.78, 5) is 24.4. The number of nitrogens with one attached hydrogen (secondary N) is 2. The van der Waals surface area contributed by atoms with E-state index in [9.17, 15) is 9.59 Å². The van der Waals surface area contributed by atoms with E-state index in [1.165, 1.54) is 26.5 Å². The van der Waals surface area contributed by atoms with Crippen LogP contribution in [-0.2, 0) is 4.79 Å². The van der Waals surface area contributed by atoms with Gasteiger partial charge in [0.2, 0.25) is 0 Å². The Bertz CT molecular complexity index is 961. The van der Waals surface area contributed by atoms with Crippen molar-refractivity contribution in [3.05, 3.63) is 47.5 Å². The number of methoxy groups -OCH3 is 3. The first-order chi connectivity index (χ1) is 16.0. The summed E-state index contributed by atoms with van der Waals surface area (Å²) in [5.41, 5.74) is 3.40. The molecule has 0 saturated heterocycles. The predicted octanol–water partition coefficient (Wildman–Crippen LogP) is 3.16. The lowest BCUT2D eigenvalue weighted by Gasteiger charge is -2.13. The van der Waals surface area contributed by atoms with E-state index in [0.29, 0.717) is 40.7 Å². The van der Waals surface area contributed by atoms with Gasteiger partial charge in [-0.25, -0.2) is 5.43 Å². The Morgan fingerprint density at radius 2 is 1.73 bits per heavy atom. The Kier molecular flexibility index (Phi) is 10.5. The molecule has 0 saturated carbocycles. The highest BCUT2D eigenvalue weighted by molar-refractivity contribution is 5.97. The molecule has 0 atom stereocenters. The molecule has 2 rings (SSSR count). The molecule has 0 spiro atoms. The van der Waals surface area contributed by atoms with Gasteiger partial charge in [0.05, 0.1) is 40.7 Å². The van der Waals surface area contributed by atoms with Gasteiger partial charge in [-0.2, -0.15) is 5.10 Å². The molecule has 0 fully saturated rings. The van der Waals surface area contributed by atoms with E-state index in [1.54, 1.807) is 25.3 Å². The Balaban J connectivity index is 1.93. The largest absolute Gasteiger partial charge is 0.493 e. The van der Waals surface area contributed by atoms with Gasteiger partial charge in [-0.1, -0.05) is 25.8 Å². The quantitative estimate of drug-likeness (QED) is 0.272. The van der Waals surface area contributed by atoms with Crippen molar-refractivity contribution in [3.8, 4) is 23.0 Å². The molecular formula is C24H31N3O6. The molecule has 0 heterocycles. The Morgan fingerprint density at radius 1 is 0.970 bits per heavy atom. The number of benzene rings is 2. The second-order valence-corrected chi connectivity index (χ2v) is 6.98. The molecule has 178 valence electrons. The summed E-state index contributed by atoms with van der Waals surface area (Å²) in [7, 11) is 4.56. The molecule has 33 heavy (non-hydrogen) atoms. The smallest absolute Gasteiger partial charge is 0.259 e. The maximum Gasteiger partial charge on any atom is 0.259 e. The second kappa shape index (κ2) is 13.6. The van der Waals surface area contributed by atoms with Gasteiger partial charge in [-0.3, -0.25) is 9.59 Å². The van der Waals surface area contributed by atoms with Crippen LogP contribution >= 0.6 is 0 Å². The molecule has 0 bridgehead atoms. The molecule has 0 radical (unpaired) electrons. The van der Waals surface area contributed by atoms with E-state index in [4.69, 9.17) is 18.9 Å². The van der Waals surface area contributed by atoms with Gasteiger partial charge in [0.1, 0.15) is 0 Å². The maximum absolute atomic E-state index is 12.3. The molecule has 2 aromatic rings. The van der Waals surface area contributed by atoms with E-state index < -0.39 is 11.8 Å². The minimum atomic E-state index is -0.478. The first kappa shape index (κ1) is 25.5. The summed E-state index contributed by atoms with van der Waals surface area (Å²) < 4.78 is 21.6. The van der Waals surface area contributed by atoms with Crippen LogP contribution in [0.25, 0.3) is 0 Å². The number of hydrogen-bond acceptors (Lipinski definition) is 7. The van der Waals surface area contributed by atoms with Gasteiger partial charge in [-0.15, -0.1) is 0 Å². The Hall–Kier alpha value is -3.75. The van der Waals surface area contributed by atoms with Crippen LogP contribution < -0.4 is 29.7 Å². The highest BCUT2D eigenvalue weighted by Gasteiger charge is 2.12. The average molecular weight is 458 g/mol. The van der Waals surface area contributed by atoms with Crippen molar-refractivity contribution in [1.29, 1.82) is 0 Å². The van der Waals surface area contributed by atoms with Gasteiger partial charge in [-0.05, 0) is 36.8 Å². The van der Waals surface area contributed by atoms with Gasteiger partial charge < -0.3 is 24.3 Å². The minimum Gasteiger partial charge on any atom is -0.493 e. The number of rotatable bonds is 13. The molecule has 0 aliphatic heterocycles. The van der Waals surface area contributed by atoms with E-state index in [1.807, 2.05) is 12.1 Å². The number of nitrogens with zero attached hydrogens (tertiary/aromatic N) is 1. The van der Waals surface area contributed by atoms with E-state index >= 15 is 0 Å². The van der Waals surface area contributed by atoms with Crippen LogP contribution in [0.1, 0.15) is 42.1 Å². The summed E-state index contributed by atoms with van der Waals surface area (Å²) in [6.07, 6.45) is 4.58. The summed E-state index contributed by atoms with van der Waals surface area (Å²) >= 11 is 0. The van der Waals surface area contributed by atoms with Crippen LogP contribution in [0.5, 0.6) is 23.0 Å². The lowest BCUT2D eigenvalue weighted by atomic mass is 10.2. The highest BCUT2D eigenvalue weighted by Crippen LogP contribution is 2.30. The molecule has 2 amide bonds. The van der Waals surface area contributed by atoms with Crippen molar-refractivity contribution in [2.45, 2.75) is 26.2 Å². The third-order valence-electron chi connectivity index (χ3n) is 4.67. The van der Waals surface area contributed by atoms with Crippen molar-refractivity contribution in [1.82, 2.24) is 10.7 Å². The van der Waals surface area contributed by atoms with Gasteiger partial charge in [0.25, 0.3) is 11.8 Å². The van der Waals surface area contributed by atoms with E-state index in [0.717, 1.165) is 19.3 Å². The van der Waals surface area contributed by atoms with E-state index in [-0.39, 0.29) is 6.54 Å². The Morgan fingerprint density at radius 3 is 2.42 bits per heavy atom. The minimum absolute atomic E-state index is 0.247. The number of para-hydroxylation sites is 1. The number of carbonyl (C=O) groups is 2. The topological polar surface area (TPSA) is 107 Å². The molecule has 2 aromatic carbocycles. The molecule has 0 aliphatic carbocycles. The number of carbonyl (C=O) groups excluding carboxylic acids is 2. The average Bonchev–Trinajstić information content (AvgIpc) is 2.85. The summed E-state index contributed by atoms with van der Waals surface area (Å²) in [6, 6.07) is 10.2. The molecule has 0 aromatic heterocycles. The Labute approximate surface area is 194 Å². The van der Waals surface area contributed by atoms with Crippen LogP contribution in [0.4, 0.5) is 0 Å². The monoisotopic (exact) mass is 457 g/mol. The van der Waals surface area contributed by atoms with Crippen LogP contribution in [0, 0.1) is 0 Å². The maximum atomic E-state index is 12.3. The number of hydrazone groups is 1. The molecule has 9 heteroatoms. The number of hydrogen-bond donors (Lipinski definition) is 2. The van der Waals surface area contributed by atoms with E-state index in [2.05, 4.69) is 22.8 Å². The first-order valence-corrected chi connectivity index (χ1v) is 10.7. The van der Waals surface area contributed by atoms with Crippen LogP contribution in [0.2, 0.25) is 0 Å². The summed E-state index contributed by atoms with van der Waals surface area (Å²) in [6.45, 7) is 2.44. The standard InChI is InChI=1S/C24H31N3O6/c1-5-6-7-13-33-23-18(9-8-10-20(23)31-3)15-26-27-22(28)16-25-24(29)17-11-12-19(30-2)21(14-17)32-4/h8-12,14-15H,5-7,13,16H2,1-4H3,(H,25,29)(H,27,28). The van der Waals surface area contributed by atoms with Crippen molar-refractivity contribution >= 4 is 18.0 Å². The first-order valence-electron chi connectivity index (χ1n) is 10.7. The third kappa shape index (κ3) is 7.71. The van der Waals surface area contributed by atoms with Crippen molar-refractivity contribution in [2.24, 2.45) is 5.10 Å². The van der Waals surface area contributed by atoms with Gasteiger partial charge in [0, 0.05) is 11.1 Å². The fraction of sp³-hybridized carbons (Fsp3) is 0.375. The van der Waals surface area contributed by atoms with Gasteiger partial charge in [0.15, 0.2) is 23.0 Å². The molecule has 0 aliphatic rings. The second-order valence-electron chi connectivity index (χ2n) is 6.98. The van der Waals surface area contributed by atoms with Crippen LogP contribution in [0.3, 0.4) is 0 Å². The van der Waals surface area contributed by atoms with Crippen LogP contribution in [-0.4, -0.2) is 52.5 Å². The molecular weight excluding hydrogens is 426 g/mol. The summed E-state index contributed by atoms with van der Waals surface area (Å²) in [5, 5.41) is 6.51. The zero-order chi connectivity index (χ0) is 24.1. The fourth-order valence-electron chi connectivity index (χ4n) is 2.93. The lowest BCUT2D eigenvalue weighted by Crippen LogP contribution is -2.34. The van der Waals surface area contributed by atoms with Crippen molar-refractivity contribution < 1.29 is 28.5 Å². The van der Waals surface area contributed by atoms with Crippen molar-refractivity contribution in [3.63, 3.8) is 0 Å². The number of amides is 2. The fourth-order valence-corrected chi connectivity index (χ4v) is 2.93. The molecule has 0 unspecified atom stereocenters. The highest BCUT2D eigenvalue weighted by atomic mass is 16.5. The lowest BCUT2D eigenvalue weighted by molar-refractivity contribution is -0.120. The zero-order valence-corrected chi connectivity index (χ0v) is 19.5. The summed E-state index contributed by atoms with van der Waals surface area (Å²) in [5.74, 6) is 1.18. The normalized spacial score (nSPS) is 10.5. The SMILES string of the molecule is CCCCCOc1c(C=NNC(=O)CNC(=O)c2ccc(OC)c(OC)c2)cccc1OC. The number of ether oxygens (including phenoxy) is 4. The molecule has 9 nitrogen and oxygen atoms in total. The molecule has 2 N–H and O–H groups in total. The predicted molar refractivity (Wildman–Crippen MR) is 126 cm³/mol. The zero-order valence-electron chi connectivity index (χ0n) is 19.5. The third-order valence-corrected chi connectivity index (χ3v) is 4.67.